The maximum Gasteiger partial charge on any atom is 0.123 e. The average molecular weight is 256 g/mol. The van der Waals surface area contributed by atoms with E-state index in [4.69, 9.17) is 10.5 Å². The largest absolute Gasteiger partial charge is 0.494 e. The van der Waals surface area contributed by atoms with Crippen molar-refractivity contribution in [2.75, 3.05) is 17.7 Å². The number of aryl methyl sites for hydroxylation is 1. The molecule has 0 spiro atoms. The molecule has 19 heavy (non-hydrogen) atoms. The molecule has 0 unspecified atom stereocenters. The van der Waals surface area contributed by atoms with Gasteiger partial charge in [-0.15, -0.1) is 0 Å². The number of nitrogens with two attached hydrogens (primary N) is 1. The summed E-state index contributed by atoms with van der Waals surface area (Å²) in [5.74, 6) is 0.791. The van der Waals surface area contributed by atoms with Gasteiger partial charge in [-0.3, -0.25) is 0 Å². The highest BCUT2D eigenvalue weighted by Gasteiger charge is 2.03. The fourth-order valence-electron chi connectivity index (χ4n) is 2.05. The van der Waals surface area contributed by atoms with Crippen molar-refractivity contribution in [3.05, 3.63) is 48.0 Å². The third-order valence-electron chi connectivity index (χ3n) is 2.92. The Morgan fingerprint density at radius 3 is 2.63 bits per heavy atom. The molecule has 2 aromatic rings. The van der Waals surface area contributed by atoms with Crippen molar-refractivity contribution < 1.29 is 4.74 Å². The monoisotopic (exact) mass is 256 g/mol. The smallest absolute Gasteiger partial charge is 0.123 e. The van der Waals surface area contributed by atoms with Gasteiger partial charge >= 0.3 is 0 Å². The Hall–Kier alpha value is -2.16. The second-order valence-electron chi connectivity index (χ2n) is 4.36. The van der Waals surface area contributed by atoms with Crippen molar-refractivity contribution in [2.45, 2.75) is 20.3 Å². The highest BCUT2D eigenvalue weighted by molar-refractivity contribution is 5.68. The summed E-state index contributed by atoms with van der Waals surface area (Å²) >= 11 is 0. The van der Waals surface area contributed by atoms with Crippen molar-refractivity contribution in [1.82, 2.24) is 0 Å². The van der Waals surface area contributed by atoms with Crippen LogP contribution in [0.5, 0.6) is 5.75 Å². The molecule has 0 atom stereocenters. The van der Waals surface area contributed by atoms with E-state index in [9.17, 15) is 0 Å². The van der Waals surface area contributed by atoms with Gasteiger partial charge in [0, 0.05) is 29.2 Å². The SMILES string of the molecule is CCOc1cc(N)cc(Nc2ccccc2CC)c1. The molecule has 0 saturated carbocycles. The van der Waals surface area contributed by atoms with Crippen LogP contribution < -0.4 is 15.8 Å². The van der Waals surface area contributed by atoms with E-state index in [1.807, 2.05) is 31.2 Å². The number of hydrogen-bond acceptors (Lipinski definition) is 3. The molecule has 0 aliphatic rings. The number of nitrogen functional groups attached to an aromatic ring is 1. The molecule has 0 radical (unpaired) electrons. The summed E-state index contributed by atoms with van der Waals surface area (Å²) in [4.78, 5) is 0. The van der Waals surface area contributed by atoms with Crippen molar-refractivity contribution in [1.29, 1.82) is 0 Å². The lowest BCUT2D eigenvalue weighted by Crippen LogP contribution is -1.98. The lowest BCUT2D eigenvalue weighted by Gasteiger charge is -2.13. The summed E-state index contributed by atoms with van der Waals surface area (Å²) in [6.07, 6.45) is 0.990. The molecule has 0 aliphatic heterocycles. The van der Waals surface area contributed by atoms with E-state index in [2.05, 4.69) is 30.4 Å². The zero-order chi connectivity index (χ0) is 13.7. The summed E-state index contributed by atoms with van der Waals surface area (Å²) in [6, 6.07) is 14.0. The molecule has 3 heteroatoms. The highest BCUT2D eigenvalue weighted by atomic mass is 16.5. The van der Waals surface area contributed by atoms with Gasteiger partial charge in [-0.25, -0.2) is 0 Å². The van der Waals surface area contributed by atoms with Crippen LogP contribution in [0.2, 0.25) is 0 Å². The quantitative estimate of drug-likeness (QED) is 0.796. The molecule has 0 amide bonds. The summed E-state index contributed by atoms with van der Waals surface area (Å²) in [5.41, 5.74) is 9.93. The van der Waals surface area contributed by atoms with E-state index in [0.29, 0.717) is 12.3 Å². The van der Waals surface area contributed by atoms with Crippen molar-refractivity contribution in [3.63, 3.8) is 0 Å². The van der Waals surface area contributed by atoms with Crippen molar-refractivity contribution >= 4 is 17.1 Å². The molecule has 100 valence electrons. The van der Waals surface area contributed by atoms with E-state index in [-0.39, 0.29) is 0 Å². The van der Waals surface area contributed by atoms with Crippen LogP contribution in [0, 0.1) is 0 Å². The first-order valence-electron chi connectivity index (χ1n) is 6.61. The Morgan fingerprint density at radius 2 is 1.89 bits per heavy atom. The molecule has 2 aromatic carbocycles. The molecule has 0 saturated heterocycles. The topological polar surface area (TPSA) is 47.3 Å². The summed E-state index contributed by atoms with van der Waals surface area (Å²) in [7, 11) is 0. The third kappa shape index (κ3) is 3.41. The Morgan fingerprint density at radius 1 is 1.11 bits per heavy atom. The molecule has 0 aliphatic carbocycles. The van der Waals surface area contributed by atoms with Crippen LogP contribution in [0.3, 0.4) is 0 Å². The fourth-order valence-corrected chi connectivity index (χ4v) is 2.05. The zero-order valence-corrected chi connectivity index (χ0v) is 11.4. The van der Waals surface area contributed by atoms with Crippen LogP contribution in [-0.2, 0) is 6.42 Å². The lowest BCUT2D eigenvalue weighted by atomic mass is 10.1. The summed E-state index contributed by atoms with van der Waals surface area (Å²) < 4.78 is 5.50. The van der Waals surface area contributed by atoms with Gasteiger partial charge in [0.05, 0.1) is 6.61 Å². The molecule has 0 bridgehead atoms. The van der Waals surface area contributed by atoms with Crippen molar-refractivity contribution in [3.8, 4) is 5.75 Å². The minimum atomic E-state index is 0.633. The highest BCUT2D eigenvalue weighted by Crippen LogP contribution is 2.27. The first kappa shape index (κ1) is 13.3. The number of rotatable bonds is 5. The molecular formula is C16H20N2O. The van der Waals surface area contributed by atoms with Gasteiger partial charge in [0.15, 0.2) is 0 Å². The second kappa shape index (κ2) is 6.14. The normalized spacial score (nSPS) is 10.2. The van der Waals surface area contributed by atoms with Gasteiger partial charge in [-0.1, -0.05) is 25.1 Å². The van der Waals surface area contributed by atoms with E-state index in [0.717, 1.165) is 23.5 Å². The number of benzene rings is 2. The van der Waals surface area contributed by atoms with Crippen LogP contribution in [-0.4, -0.2) is 6.61 Å². The Kier molecular flexibility index (Phi) is 4.29. The second-order valence-corrected chi connectivity index (χ2v) is 4.36. The maximum absolute atomic E-state index is 5.89. The van der Waals surface area contributed by atoms with Gasteiger partial charge in [-0.2, -0.15) is 0 Å². The minimum absolute atomic E-state index is 0.633. The number of nitrogens with one attached hydrogen (secondary N) is 1. The predicted molar refractivity (Wildman–Crippen MR) is 81.1 cm³/mol. The molecule has 3 N–H and O–H groups in total. The first-order chi connectivity index (χ1) is 9.22. The van der Waals surface area contributed by atoms with E-state index >= 15 is 0 Å². The molecular weight excluding hydrogens is 236 g/mol. The first-order valence-corrected chi connectivity index (χ1v) is 6.61. The van der Waals surface area contributed by atoms with Crippen LogP contribution >= 0.6 is 0 Å². The molecule has 0 aromatic heterocycles. The minimum Gasteiger partial charge on any atom is -0.494 e. The van der Waals surface area contributed by atoms with Gasteiger partial charge < -0.3 is 15.8 Å². The van der Waals surface area contributed by atoms with E-state index in [1.165, 1.54) is 5.56 Å². The van der Waals surface area contributed by atoms with Crippen LogP contribution in [0.4, 0.5) is 17.1 Å². The Labute approximate surface area is 114 Å². The number of anilines is 3. The predicted octanol–water partition coefficient (Wildman–Crippen LogP) is 3.97. The standard InChI is InChI=1S/C16H20N2O/c1-3-12-7-5-6-8-16(12)18-14-9-13(17)10-15(11-14)19-4-2/h5-11,18H,3-4,17H2,1-2H3. The molecule has 0 fully saturated rings. The maximum atomic E-state index is 5.89. The summed E-state index contributed by atoms with van der Waals surface area (Å²) in [6.45, 7) is 4.74. The number of ether oxygens (including phenoxy) is 1. The Bertz CT molecular complexity index is 552. The fraction of sp³-hybridized carbons (Fsp3) is 0.250. The van der Waals surface area contributed by atoms with E-state index < -0.39 is 0 Å². The van der Waals surface area contributed by atoms with Gasteiger partial charge in [0.25, 0.3) is 0 Å². The lowest BCUT2D eigenvalue weighted by molar-refractivity contribution is 0.340. The van der Waals surface area contributed by atoms with Crippen LogP contribution in [0.15, 0.2) is 42.5 Å². The Balaban J connectivity index is 2.27. The van der Waals surface area contributed by atoms with Crippen LogP contribution in [0.1, 0.15) is 19.4 Å². The van der Waals surface area contributed by atoms with Gasteiger partial charge in [0.2, 0.25) is 0 Å². The van der Waals surface area contributed by atoms with Crippen molar-refractivity contribution in [2.24, 2.45) is 0 Å². The van der Waals surface area contributed by atoms with Crippen LogP contribution in [0.25, 0.3) is 0 Å². The number of para-hydroxylation sites is 1. The van der Waals surface area contributed by atoms with E-state index in [1.54, 1.807) is 0 Å². The molecule has 2 rings (SSSR count). The number of hydrogen-bond donors (Lipinski definition) is 2. The molecule has 3 nitrogen and oxygen atoms in total. The summed E-state index contributed by atoms with van der Waals surface area (Å²) in [5, 5.41) is 3.40. The molecule has 0 heterocycles. The average Bonchev–Trinajstić information content (AvgIpc) is 2.39. The van der Waals surface area contributed by atoms with Gasteiger partial charge in [-0.05, 0) is 31.0 Å². The zero-order valence-electron chi connectivity index (χ0n) is 11.4. The third-order valence-corrected chi connectivity index (χ3v) is 2.92. The van der Waals surface area contributed by atoms with Gasteiger partial charge in [0.1, 0.15) is 5.75 Å².